The molecular formula is C17H16ClN3O3. The molecule has 0 aliphatic heterocycles. The lowest BCUT2D eigenvalue weighted by Gasteiger charge is -2.07. The van der Waals surface area contributed by atoms with Crippen LogP contribution in [0.15, 0.2) is 53.6 Å². The van der Waals surface area contributed by atoms with Crippen LogP contribution in [-0.2, 0) is 16.2 Å². The number of hydrogen-bond donors (Lipinski definition) is 2. The topological polar surface area (TPSA) is 79.8 Å². The van der Waals surface area contributed by atoms with E-state index < -0.39 is 11.8 Å². The largest absolute Gasteiger partial charge is 0.489 e. The third kappa shape index (κ3) is 5.40. The van der Waals surface area contributed by atoms with Crippen LogP contribution in [0.5, 0.6) is 5.75 Å². The molecule has 2 aromatic carbocycles. The second kappa shape index (κ2) is 8.69. The molecule has 0 aromatic heterocycles. The van der Waals surface area contributed by atoms with Crippen molar-refractivity contribution in [2.24, 2.45) is 5.10 Å². The lowest BCUT2D eigenvalue weighted by Crippen LogP contribution is -2.35. The predicted octanol–water partition coefficient (Wildman–Crippen LogP) is 2.12. The van der Waals surface area contributed by atoms with Gasteiger partial charge < -0.3 is 10.1 Å². The third-order valence-corrected chi connectivity index (χ3v) is 3.20. The second-order valence-corrected chi connectivity index (χ2v) is 5.21. The molecule has 0 unspecified atom stereocenters. The molecule has 7 heteroatoms. The highest BCUT2D eigenvalue weighted by molar-refractivity contribution is 6.35. The molecule has 2 rings (SSSR count). The van der Waals surface area contributed by atoms with Gasteiger partial charge in [0.05, 0.1) is 6.21 Å². The highest BCUT2D eigenvalue weighted by Gasteiger charge is 2.08. The van der Waals surface area contributed by atoms with Gasteiger partial charge in [0.1, 0.15) is 12.4 Å². The minimum absolute atomic E-state index is 0.383. The number of likely N-dealkylation sites (N-methyl/N-ethyl adjacent to an activating group) is 1. The highest BCUT2D eigenvalue weighted by atomic mass is 35.5. The average molecular weight is 346 g/mol. The van der Waals surface area contributed by atoms with Crippen LogP contribution in [0, 0.1) is 0 Å². The van der Waals surface area contributed by atoms with Crippen LogP contribution >= 0.6 is 11.6 Å². The van der Waals surface area contributed by atoms with E-state index in [1.165, 1.54) is 13.3 Å². The van der Waals surface area contributed by atoms with Crippen LogP contribution in [0.3, 0.4) is 0 Å². The molecule has 0 radical (unpaired) electrons. The Balaban J connectivity index is 1.93. The number of nitrogens with zero attached hydrogens (tertiary/aromatic N) is 1. The van der Waals surface area contributed by atoms with E-state index in [9.17, 15) is 9.59 Å². The summed E-state index contributed by atoms with van der Waals surface area (Å²) < 4.78 is 5.70. The lowest BCUT2D eigenvalue weighted by atomic mass is 10.2. The number of carbonyl (C=O) groups excluding carboxylic acids is 2. The van der Waals surface area contributed by atoms with Gasteiger partial charge >= 0.3 is 11.8 Å². The van der Waals surface area contributed by atoms with E-state index in [2.05, 4.69) is 15.8 Å². The number of ether oxygens (including phenoxy) is 1. The van der Waals surface area contributed by atoms with Gasteiger partial charge in [-0.05, 0) is 35.4 Å². The lowest BCUT2D eigenvalue weighted by molar-refractivity contribution is -0.138. The Kier molecular flexibility index (Phi) is 6.33. The number of amides is 2. The quantitative estimate of drug-likeness (QED) is 0.495. The molecule has 0 aliphatic rings. The van der Waals surface area contributed by atoms with Gasteiger partial charge in [-0.15, -0.1) is 0 Å². The summed E-state index contributed by atoms with van der Waals surface area (Å²) in [5.41, 5.74) is 3.80. The van der Waals surface area contributed by atoms with Gasteiger partial charge in [0.2, 0.25) is 0 Å². The maximum atomic E-state index is 11.2. The molecule has 0 spiro atoms. The Morgan fingerprint density at radius 2 is 1.96 bits per heavy atom. The summed E-state index contributed by atoms with van der Waals surface area (Å²) in [7, 11) is 1.37. The van der Waals surface area contributed by atoms with Crippen molar-refractivity contribution in [3.05, 3.63) is 64.7 Å². The zero-order valence-electron chi connectivity index (χ0n) is 13.0. The molecule has 124 valence electrons. The number of hydrogen-bond acceptors (Lipinski definition) is 4. The summed E-state index contributed by atoms with van der Waals surface area (Å²) in [6.07, 6.45) is 1.42. The zero-order valence-corrected chi connectivity index (χ0v) is 13.7. The van der Waals surface area contributed by atoms with Crippen LogP contribution in [0.1, 0.15) is 11.1 Å². The first-order chi connectivity index (χ1) is 11.6. The van der Waals surface area contributed by atoms with E-state index in [0.29, 0.717) is 17.4 Å². The minimum Gasteiger partial charge on any atom is -0.489 e. The number of rotatable bonds is 5. The van der Waals surface area contributed by atoms with E-state index in [0.717, 1.165) is 11.1 Å². The van der Waals surface area contributed by atoms with Crippen molar-refractivity contribution in [2.45, 2.75) is 6.61 Å². The molecule has 2 aromatic rings. The van der Waals surface area contributed by atoms with Gasteiger partial charge in [-0.2, -0.15) is 5.10 Å². The van der Waals surface area contributed by atoms with E-state index in [-0.39, 0.29) is 0 Å². The summed E-state index contributed by atoms with van der Waals surface area (Å²) in [6, 6.07) is 14.6. The summed E-state index contributed by atoms with van der Waals surface area (Å²) in [6.45, 7) is 0.383. The fourth-order valence-electron chi connectivity index (χ4n) is 1.81. The van der Waals surface area contributed by atoms with E-state index in [4.69, 9.17) is 16.3 Å². The zero-order chi connectivity index (χ0) is 17.4. The van der Waals surface area contributed by atoms with E-state index >= 15 is 0 Å². The number of benzene rings is 2. The first-order valence-electron chi connectivity index (χ1n) is 7.11. The standard InChI is InChI=1S/C17H16ClN3O3/c1-19-16(22)17(23)21-20-10-12-4-3-7-15(9-12)24-11-13-5-2-6-14(18)8-13/h2-10H,11H2,1H3,(H,19,22)(H,21,23)/b20-10-. The Hall–Kier alpha value is -2.86. The van der Waals surface area contributed by atoms with Gasteiger partial charge in [-0.1, -0.05) is 35.9 Å². The molecule has 24 heavy (non-hydrogen) atoms. The molecule has 0 atom stereocenters. The molecule has 0 fully saturated rings. The molecule has 0 bridgehead atoms. The Morgan fingerprint density at radius 1 is 1.17 bits per heavy atom. The fraction of sp³-hybridized carbons (Fsp3) is 0.118. The van der Waals surface area contributed by atoms with Crippen LogP contribution < -0.4 is 15.5 Å². The van der Waals surface area contributed by atoms with Gasteiger partial charge in [-0.3, -0.25) is 9.59 Å². The number of nitrogens with one attached hydrogen (secondary N) is 2. The molecule has 0 saturated heterocycles. The van der Waals surface area contributed by atoms with Crippen LogP contribution in [0.4, 0.5) is 0 Å². The minimum atomic E-state index is -0.831. The van der Waals surface area contributed by atoms with E-state index in [1.807, 2.05) is 24.3 Å². The van der Waals surface area contributed by atoms with Crippen molar-refractivity contribution in [3.63, 3.8) is 0 Å². The summed E-state index contributed by atoms with van der Waals surface area (Å²) in [4.78, 5) is 22.3. The summed E-state index contributed by atoms with van der Waals surface area (Å²) in [5, 5.41) is 6.58. The second-order valence-electron chi connectivity index (χ2n) is 4.77. The fourth-order valence-corrected chi connectivity index (χ4v) is 2.02. The van der Waals surface area contributed by atoms with Crippen LogP contribution in [-0.4, -0.2) is 25.1 Å². The normalized spacial score (nSPS) is 10.4. The van der Waals surface area contributed by atoms with Crippen molar-refractivity contribution >= 4 is 29.6 Å². The van der Waals surface area contributed by atoms with Gasteiger partial charge in [-0.25, -0.2) is 5.43 Å². The molecule has 2 amide bonds. The number of halogens is 1. The van der Waals surface area contributed by atoms with Crippen LogP contribution in [0.2, 0.25) is 5.02 Å². The monoisotopic (exact) mass is 345 g/mol. The van der Waals surface area contributed by atoms with E-state index in [1.54, 1.807) is 24.3 Å². The van der Waals surface area contributed by atoms with Crippen molar-refractivity contribution in [2.75, 3.05) is 7.05 Å². The SMILES string of the molecule is CNC(=O)C(=O)N/N=C\c1cccc(OCc2cccc(Cl)c2)c1. The van der Waals surface area contributed by atoms with Gasteiger partial charge in [0.15, 0.2) is 0 Å². The first-order valence-corrected chi connectivity index (χ1v) is 7.48. The number of hydrazone groups is 1. The average Bonchev–Trinajstić information content (AvgIpc) is 2.59. The van der Waals surface area contributed by atoms with Crippen molar-refractivity contribution in [1.82, 2.24) is 10.7 Å². The molecule has 0 aliphatic carbocycles. The van der Waals surface area contributed by atoms with Crippen molar-refractivity contribution in [3.8, 4) is 5.75 Å². The number of carbonyl (C=O) groups is 2. The molecule has 6 nitrogen and oxygen atoms in total. The van der Waals surface area contributed by atoms with Crippen LogP contribution in [0.25, 0.3) is 0 Å². The van der Waals surface area contributed by atoms with Crippen molar-refractivity contribution < 1.29 is 14.3 Å². The predicted molar refractivity (Wildman–Crippen MR) is 92.0 cm³/mol. The first kappa shape index (κ1) is 17.5. The van der Waals surface area contributed by atoms with Gasteiger partial charge in [0, 0.05) is 12.1 Å². The molecular weight excluding hydrogens is 330 g/mol. The highest BCUT2D eigenvalue weighted by Crippen LogP contribution is 2.16. The Labute approximate surface area is 144 Å². The van der Waals surface area contributed by atoms with Gasteiger partial charge in [0.25, 0.3) is 0 Å². The summed E-state index contributed by atoms with van der Waals surface area (Å²) >= 11 is 5.93. The van der Waals surface area contributed by atoms with Crippen molar-refractivity contribution in [1.29, 1.82) is 0 Å². The maximum Gasteiger partial charge on any atom is 0.329 e. The third-order valence-electron chi connectivity index (χ3n) is 2.97. The molecule has 2 N–H and O–H groups in total. The smallest absolute Gasteiger partial charge is 0.329 e. The summed E-state index contributed by atoms with van der Waals surface area (Å²) in [5.74, 6) is -0.940. The Bertz CT molecular complexity index is 762. The molecule has 0 heterocycles. The maximum absolute atomic E-state index is 11.2. The molecule has 0 saturated carbocycles. The Morgan fingerprint density at radius 3 is 2.71 bits per heavy atom.